The van der Waals surface area contributed by atoms with Crippen LogP contribution in [0.5, 0.6) is 0 Å². The topological polar surface area (TPSA) is 128 Å². The maximum absolute atomic E-state index is 12.0. The highest BCUT2D eigenvalue weighted by molar-refractivity contribution is 7.16. The van der Waals surface area contributed by atoms with Gasteiger partial charge >= 0.3 is 11.0 Å². The molecule has 144 valence electrons. The highest BCUT2D eigenvalue weighted by Crippen LogP contribution is 2.41. The lowest BCUT2D eigenvalue weighted by Gasteiger charge is -2.15. The van der Waals surface area contributed by atoms with E-state index in [1.807, 2.05) is 0 Å². The van der Waals surface area contributed by atoms with Gasteiger partial charge in [0, 0.05) is 11.6 Å². The molecule has 0 saturated heterocycles. The van der Waals surface area contributed by atoms with Gasteiger partial charge in [0.15, 0.2) is 5.76 Å². The van der Waals surface area contributed by atoms with Crippen LogP contribution in [0.15, 0.2) is 40.0 Å². The van der Waals surface area contributed by atoms with Gasteiger partial charge < -0.3 is 10.3 Å². The van der Waals surface area contributed by atoms with Crippen molar-refractivity contribution in [3.05, 3.63) is 61.1 Å². The van der Waals surface area contributed by atoms with Crippen LogP contribution in [-0.2, 0) is 0 Å². The average molecular weight is 440 g/mol. The number of primary amides is 1. The number of nitrogens with two attached hydrogens (primary N) is 1. The summed E-state index contributed by atoms with van der Waals surface area (Å²) in [5.41, 5.74) is 6.16. The van der Waals surface area contributed by atoms with E-state index in [1.165, 1.54) is 18.3 Å². The summed E-state index contributed by atoms with van der Waals surface area (Å²) in [6.45, 7) is 1.57. The van der Waals surface area contributed by atoms with E-state index in [2.05, 4.69) is 10.3 Å². The zero-order valence-electron chi connectivity index (χ0n) is 14.1. The number of hydrazone groups is 1. The van der Waals surface area contributed by atoms with Crippen molar-refractivity contribution in [1.82, 2.24) is 5.16 Å². The lowest BCUT2D eigenvalue weighted by atomic mass is 10.1. The summed E-state index contributed by atoms with van der Waals surface area (Å²) < 4.78 is 5.20. The van der Waals surface area contributed by atoms with Crippen molar-refractivity contribution >= 4 is 57.5 Å². The predicted octanol–water partition coefficient (Wildman–Crippen LogP) is 4.85. The molecule has 0 atom stereocenters. The maximum atomic E-state index is 12.0. The van der Waals surface area contributed by atoms with Gasteiger partial charge in [0.05, 0.1) is 26.1 Å². The molecule has 0 fully saturated rings. The Morgan fingerprint density at radius 2 is 2.04 bits per heavy atom. The first-order chi connectivity index (χ1) is 13.3. The first-order valence-electron chi connectivity index (χ1n) is 7.58. The van der Waals surface area contributed by atoms with Crippen LogP contribution in [0, 0.1) is 17.0 Å². The second kappa shape index (κ2) is 7.97. The van der Waals surface area contributed by atoms with Gasteiger partial charge in [0.1, 0.15) is 11.4 Å². The molecule has 0 aliphatic carbocycles. The van der Waals surface area contributed by atoms with Crippen LogP contribution in [0.1, 0.15) is 10.6 Å². The molecule has 0 aliphatic heterocycles. The minimum atomic E-state index is -0.918. The Morgan fingerprint density at radius 1 is 1.36 bits per heavy atom. The number of hydrogen-bond acceptors (Lipinski definition) is 7. The lowest BCUT2D eigenvalue weighted by molar-refractivity contribution is -0.380. The van der Waals surface area contributed by atoms with Crippen molar-refractivity contribution in [1.29, 1.82) is 0 Å². The van der Waals surface area contributed by atoms with Crippen LogP contribution in [-0.4, -0.2) is 22.3 Å². The number of thiophene rings is 1. The Bertz CT molecular complexity index is 1070. The van der Waals surface area contributed by atoms with Crippen LogP contribution < -0.4 is 10.7 Å². The van der Waals surface area contributed by atoms with E-state index in [1.54, 1.807) is 25.1 Å². The molecule has 0 spiro atoms. The molecule has 2 amide bonds. The summed E-state index contributed by atoms with van der Waals surface area (Å²) in [5.74, 6) is 0.249. The van der Waals surface area contributed by atoms with E-state index in [4.69, 9.17) is 33.5 Å². The maximum Gasteiger partial charge on any atom is 0.340 e. The number of carbonyl (C=O) groups is 1. The fraction of sp³-hybridized carbons (Fsp3) is 0.0625. The van der Waals surface area contributed by atoms with Crippen LogP contribution in [0.25, 0.3) is 11.3 Å². The third-order valence-electron chi connectivity index (χ3n) is 3.54. The van der Waals surface area contributed by atoms with Crippen molar-refractivity contribution in [3.8, 4) is 11.3 Å². The second-order valence-corrected chi connectivity index (χ2v) is 7.27. The summed E-state index contributed by atoms with van der Waals surface area (Å²) in [6.07, 6.45) is 1.27. The van der Waals surface area contributed by atoms with Crippen LogP contribution in [0.2, 0.25) is 10.0 Å². The third kappa shape index (κ3) is 3.84. The number of anilines is 1. The van der Waals surface area contributed by atoms with E-state index < -0.39 is 11.0 Å². The standard InChI is InChI=1S/C16H11Cl2N5O4S/c1-8-15(14(21-27-8)13-10(17)3-2-4-11(13)18)22(16(19)24)20-7-9-5-6-12(28-9)23(25)26/h2-7H,1H3,(H2,19,24)/b20-7+. The number of rotatable bonds is 5. The first-order valence-corrected chi connectivity index (χ1v) is 9.15. The van der Waals surface area contributed by atoms with Crippen LogP contribution >= 0.6 is 34.5 Å². The number of carbonyl (C=O) groups excluding carboxylic acids is 1. The van der Waals surface area contributed by atoms with Crippen molar-refractivity contribution in [2.75, 3.05) is 5.01 Å². The zero-order valence-corrected chi connectivity index (χ0v) is 16.5. The zero-order chi connectivity index (χ0) is 20.4. The van der Waals surface area contributed by atoms with E-state index in [0.29, 0.717) is 20.5 Å². The number of amides is 2. The molecule has 2 heterocycles. The molecule has 3 rings (SSSR count). The number of aromatic nitrogens is 1. The Morgan fingerprint density at radius 3 is 2.61 bits per heavy atom. The van der Waals surface area contributed by atoms with Gasteiger partial charge in [-0.25, -0.2) is 4.79 Å². The highest BCUT2D eigenvalue weighted by Gasteiger charge is 2.27. The SMILES string of the molecule is Cc1onc(-c2c(Cl)cccc2Cl)c1N(/N=C/c1ccc([N+](=O)[O-])s1)C(N)=O. The highest BCUT2D eigenvalue weighted by atomic mass is 35.5. The molecule has 0 aliphatic rings. The Hall–Kier alpha value is -2.95. The van der Waals surface area contributed by atoms with Gasteiger partial charge in [0.2, 0.25) is 0 Å². The van der Waals surface area contributed by atoms with Gasteiger partial charge in [0.25, 0.3) is 0 Å². The second-order valence-electron chi connectivity index (χ2n) is 5.36. The van der Waals surface area contributed by atoms with Crippen LogP contribution in [0.3, 0.4) is 0 Å². The number of nitro groups is 1. The molecule has 0 bridgehead atoms. The van der Waals surface area contributed by atoms with Crippen molar-refractivity contribution in [2.45, 2.75) is 6.92 Å². The average Bonchev–Trinajstić information content (AvgIpc) is 3.23. The smallest absolute Gasteiger partial charge is 0.340 e. The Balaban J connectivity index is 2.06. The van der Waals surface area contributed by atoms with E-state index in [9.17, 15) is 14.9 Å². The minimum Gasteiger partial charge on any atom is -0.359 e. The first kappa shape index (κ1) is 19.8. The van der Waals surface area contributed by atoms with Gasteiger partial charge in [-0.2, -0.15) is 10.1 Å². The summed E-state index contributed by atoms with van der Waals surface area (Å²) in [5, 5.41) is 20.2. The quantitative estimate of drug-likeness (QED) is 0.345. The van der Waals surface area contributed by atoms with Crippen molar-refractivity contribution in [2.24, 2.45) is 10.8 Å². The molecule has 3 aromatic rings. The number of benzene rings is 1. The normalized spacial score (nSPS) is 11.1. The number of nitrogens with zero attached hydrogens (tertiary/aromatic N) is 4. The molecule has 0 radical (unpaired) electrons. The summed E-state index contributed by atoms with van der Waals surface area (Å²) >= 11 is 13.4. The van der Waals surface area contributed by atoms with Gasteiger partial charge in [-0.15, -0.1) is 0 Å². The van der Waals surface area contributed by atoms with E-state index in [-0.39, 0.29) is 22.1 Å². The number of hydrogen-bond donors (Lipinski definition) is 1. The fourth-order valence-electron chi connectivity index (χ4n) is 2.35. The molecule has 2 aromatic heterocycles. The Labute approximate surface area is 172 Å². The third-order valence-corrected chi connectivity index (χ3v) is 5.15. The summed E-state index contributed by atoms with van der Waals surface area (Å²) in [7, 11) is 0. The molecule has 12 heteroatoms. The van der Waals surface area contributed by atoms with E-state index >= 15 is 0 Å². The number of aryl methyl sites for hydroxylation is 1. The molecular weight excluding hydrogens is 429 g/mol. The van der Waals surface area contributed by atoms with Gasteiger partial charge in [-0.05, 0) is 25.1 Å². The van der Waals surface area contributed by atoms with Crippen molar-refractivity contribution < 1.29 is 14.2 Å². The van der Waals surface area contributed by atoms with Gasteiger partial charge in [-0.3, -0.25) is 10.1 Å². The molecule has 0 saturated carbocycles. The molecule has 28 heavy (non-hydrogen) atoms. The largest absolute Gasteiger partial charge is 0.359 e. The number of urea groups is 1. The fourth-order valence-corrected chi connectivity index (χ4v) is 3.62. The monoisotopic (exact) mass is 439 g/mol. The molecular formula is C16H11Cl2N5O4S. The predicted molar refractivity (Wildman–Crippen MR) is 107 cm³/mol. The van der Waals surface area contributed by atoms with Crippen LogP contribution in [0.4, 0.5) is 15.5 Å². The van der Waals surface area contributed by atoms with Gasteiger partial charge in [-0.1, -0.05) is 45.8 Å². The minimum absolute atomic E-state index is 0.0585. The molecule has 2 N–H and O–H groups in total. The molecule has 0 unspecified atom stereocenters. The molecule has 1 aromatic carbocycles. The van der Waals surface area contributed by atoms with E-state index in [0.717, 1.165) is 16.3 Å². The van der Waals surface area contributed by atoms with Crippen molar-refractivity contribution in [3.63, 3.8) is 0 Å². The number of halogens is 2. The molecule has 9 nitrogen and oxygen atoms in total. The summed E-state index contributed by atoms with van der Waals surface area (Å²) in [4.78, 5) is 22.8. The lowest BCUT2D eigenvalue weighted by Crippen LogP contribution is -2.31. The Kier molecular flexibility index (Phi) is 5.63. The summed E-state index contributed by atoms with van der Waals surface area (Å²) in [6, 6.07) is 6.79.